The number of rotatable bonds is 7. The first-order valence-electron chi connectivity index (χ1n) is 8.31. The van der Waals surface area contributed by atoms with Crippen molar-refractivity contribution in [3.8, 4) is 11.5 Å². The maximum atomic E-state index is 13.2. The summed E-state index contributed by atoms with van der Waals surface area (Å²) in [5.41, 5.74) is -4.20. The van der Waals surface area contributed by atoms with Gasteiger partial charge in [0.05, 0.1) is 7.11 Å². The number of halogens is 4. The van der Waals surface area contributed by atoms with E-state index in [1.54, 1.807) is 24.3 Å². The summed E-state index contributed by atoms with van der Waals surface area (Å²) in [6, 6.07) is 9.25. The summed E-state index contributed by atoms with van der Waals surface area (Å²) in [7, 11) is 1.46. The molecule has 1 aliphatic heterocycles. The summed E-state index contributed by atoms with van der Waals surface area (Å²) < 4.78 is 68.1. The SMILES string of the molecule is COc1ccccc1OCc1ccc(C(=O)N2N=C(C(F)F)C[C@@]2(O)C(F)F)o1. The molecule has 0 bridgehead atoms. The number of carbonyl (C=O) groups is 1. The molecule has 2 aromatic rings. The number of hydrogen-bond donors (Lipinski definition) is 1. The quantitative estimate of drug-likeness (QED) is 0.701. The average molecular weight is 416 g/mol. The third-order valence-corrected chi connectivity index (χ3v) is 4.14. The van der Waals surface area contributed by atoms with E-state index in [0.717, 1.165) is 6.07 Å². The van der Waals surface area contributed by atoms with Gasteiger partial charge < -0.3 is 19.0 Å². The Morgan fingerprint density at radius 3 is 2.55 bits per heavy atom. The van der Waals surface area contributed by atoms with Crippen LogP contribution in [0, 0.1) is 0 Å². The Labute approximate surface area is 162 Å². The molecule has 2 heterocycles. The number of alkyl halides is 4. The number of methoxy groups -OCH3 is 1. The summed E-state index contributed by atoms with van der Waals surface area (Å²) in [6.07, 6.45) is -7.88. The number of furan rings is 1. The Balaban J connectivity index is 1.76. The van der Waals surface area contributed by atoms with E-state index >= 15 is 0 Å². The number of ether oxygens (including phenoxy) is 2. The third kappa shape index (κ3) is 4.04. The first kappa shape index (κ1) is 20.6. The van der Waals surface area contributed by atoms with Gasteiger partial charge in [-0.2, -0.15) is 10.1 Å². The van der Waals surface area contributed by atoms with Crippen LogP contribution in [0.5, 0.6) is 11.5 Å². The van der Waals surface area contributed by atoms with E-state index in [4.69, 9.17) is 13.9 Å². The van der Waals surface area contributed by atoms with E-state index in [2.05, 4.69) is 5.10 Å². The highest BCUT2D eigenvalue weighted by Gasteiger charge is 2.54. The number of carbonyl (C=O) groups excluding carboxylic acids is 1. The molecule has 1 N–H and O–H groups in total. The Hall–Kier alpha value is -3.08. The van der Waals surface area contributed by atoms with Crippen LogP contribution in [-0.4, -0.2) is 47.4 Å². The molecule has 0 fully saturated rings. The van der Waals surface area contributed by atoms with Crippen LogP contribution in [0.25, 0.3) is 0 Å². The fourth-order valence-corrected chi connectivity index (χ4v) is 2.67. The van der Waals surface area contributed by atoms with Crippen molar-refractivity contribution in [1.82, 2.24) is 5.01 Å². The normalized spacial score (nSPS) is 19.0. The highest BCUT2D eigenvalue weighted by molar-refractivity contribution is 5.97. The largest absolute Gasteiger partial charge is 0.493 e. The molecule has 29 heavy (non-hydrogen) atoms. The van der Waals surface area contributed by atoms with Crippen LogP contribution >= 0.6 is 0 Å². The van der Waals surface area contributed by atoms with E-state index in [0.29, 0.717) is 11.5 Å². The number of benzene rings is 1. The molecule has 0 radical (unpaired) electrons. The van der Waals surface area contributed by atoms with Crippen LogP contribution < -0.4 is 9.47 Å². The van der Waals surface area contributed by atoms with E-state index in [-0.39, 0.29) is 17.4 Å². The van der Waals surface area contributed by atoms with Crippen molar-refractivity contribution in [2.75, 3.05) is 7.11 Å². The first-order chi connectivity index (χ1) is 13.8. The predicted octanol–water partition coefficient (Wildman–Crippen LogP) is 3.29. The summed E-state index contributed by atoms with van der Waals surface area (Å²) >= 11 is 0. The Morgan fingerprint density at radius 1 is 1.24 bits per heavy atom. The van der Waals surface area contributed by atoms with E-state index in [1.807, 2.05) is 0 Å². The van der Waals surface area contributed by atoms with Crippen molar-refractivity contribution in [2.24, 2.45) is 5.10 Å². The Kier molecular flexibility index (Phi) is 5.78. The summed E-state index contributed by atoms with van der Waals surface area (Å²) in [6.45, 7) is -0.127. The van der Waals surface area contributed by atoms with Gasteiger partial charge in [-0.3, -0.25) is 4.79 Å². The standard InChI is InChI=1S/C18H16F4N2O5/c1-27-12-4-2-3-5-13(12)28-9-10-6-7-14(29-10)16(25)24-18(26,17(21)22)8-11(23-24)15(19)20/h2-7,15,17,26H,8-9H2,1H3/t18-/m1/s1. The van der Waals surface area contributed by atoms with Crippen LogP contribution in [-0.2, 0) is 6.61 Å². The van der Waals surface area contributed by atoms with Gasteiger partial charge in [0.2, 0.25) is 5.72 Å². The minimum Gasteiger partial charge on any atom is -0.493 e. The molecule has 156 valence electrons. The molecule has 1 aliphatic rings. The monoisotopic (exact) mass is 416 g/mol. The molecule has 1 atom stereocenters. The summed E-state index contributed by atoms with van der Waals surface area (Å²) in [4.78, 5) is 12.4. The van der Waals surface area contributed by atoms with Crippen molar-refractivity contribution in [1.29, 1.82) is 0 Å². The van der Waals surface area contributed by atoms with Gasteiger partial charge in [0, 0.05) is 6.42 Å². The van der Waals surface area contributed by atoms with Gasteiger partial charge in [0.25, 0.3) is 12.9 Å². The van der Waals surface area contributed by atoms with Gasteiger partial charge in [0.15, 0.2) is 17.3 Å². The second kappa shape index (κ2) is 8.11. The lowest BCUT2D eigenvalue weighted by molar-refractivity contribution is -0.164. The topological polar surface area (TPSA) is 84.5 Å². The molecule has 0 saturated carbocycles. The molecule has 0 spiro atoms. The predicted molar refractivity (Wildman–Crippen MR) is 91.2 cm³/mol. The second-order valence-electron chi connectivity index (χ2n) is 6.07. The zero-order valence-corrected chi connectivity index (χ0v) is 15.0. The number of aliphatic hydroxyl groups is 1. The minimum absolute atomic E-state index is 0.0666. The van der Waals surface area contributed by atoms with Gasteiger partial charge in [-0.25, -0.2) is 17.6 Å². The summed E-state index contributed by atoms with van der Waals surface area (Å²) in [5, 5.41) is 13.1. The number of hydrogen-bond acceptors (Lipinski definition) is 6. The molecular formula is C18H16F4N2O5. The minimum atomic E-state index is -3.52. The maximum Gasteiger partial charge on any atom is 0.312 e. The van der Waals surface area contributed by atoms with Crippen LogP contribution in [0.2, 0.25) is 0 Å². The number of hydrazone groups is 1. The third-order valence-electron chi connectivity index (χ3n) is 4.14. The molecule has 1 amide bonds. The fourth-order valence-electron chi connectivity index (χ4n) is 2.67. The van der Waals surface area contributed by atoms with Crippen molar-refractivity contribution >= 4 is 11.6 Å². The lowest BCUT2D eigenvalue weighted by Gasteiger charge is -2.29. The first-order valence-corrected chi connectivity index (χ1v) is 8.31. The Morgan fingerprint density at radius 2 is 1.93 bits per heavy atom. The highest BCUT2D eigenvalue weighted by Crippen LogP contribution is 2.34. The van der Waals surface area contributed by atoms with Crippen molar-refractivity contribution in [3.05, 3.63) is 47.9 Å². The molecule has 1 aromatic carbocycles. The van der Waals surface area contributed by atoms with Crippen molar-refractivity contribution in [2.45, 2.75) is 31.6 Å². The average Bonchev–Trinajstić information content (AvgIpc) is 3.31. The molecule has 0 unspecified atom stereocenters. The van der Waals surface area contributed by atoms with Crippen molar-refractivity contribution in [3.63, 3.8) is 0 Å². The zero-order chi connectivity index (χ0) is 21.2. The maximum absolute atomic E-state index is 13.2. The van der Waals surface area contributed by atoms with E-state index in [1.165, 1.54) is 13.2 Å². The van der Waals surface area contributed by atoms with Crippen LogP contribution in [0.15, 0.2) is 45.9 Å². The molecule has 7 nitrogen and oxygen atoms in total. The van der Waals surface area contributed by atoms with Gasteiger partial charge in [-0.15, -0.1) is 0 Å². The van der Waals surface area contributed by atoms with E-state index < -0.39 is 42.4 Å². The molecule has 0 aliphatic carbocycles. The number of para-hydroxylation sites is 2. The highest BCUT2D eigenvalue weighted by atomic mass is 19.3. The Bertz CT molecular complexity index is 917. The van der Waals surface area contributed by atoms with Gasteiger partial charge in [0.1, 0.15) is 18.1 Å². The number of nitrogens with zero attached hydrogens (tertiary/aromatic N) is 2. The fraction of sp³-hybridized carbons (Fsp3) is 0.333. The molecule has 0 saturated heterocycles. The number of amides is 1. The molecule has 1 aromatic heterocycles. The smallest absolute Gasteiger partial charge is 0.312 e. The van der Waals surface area contributed by atoms with Gasteiger partial charge >= 0.3 is 5.91 Å². The second-order valence-corrected chi connectivity index (χ2v) is 6.07. The van der Waals surface area contributed by atoms with Crippen LogP contribution in [0.3, 0.4) is 0 Å². The van der Waals surface area contributed by atoms with Crippen LogP contribution in [0.4, 0.5) is 17.6 Å². The van der Waals surface area contributed by atoms with Gasteiger partial charge in [-0.05, 0) is 24.3 Å². The lowest BCUT2D eigenvalue weighted by Crippen LogP contribution is -2.51. The molecule has 3 rings (SSSR count). The van der Waals surface area contributed by atoms with Crippen LogP contribution in [0.1, 0.15) is 22.7 Å². The van der Waals surface area contributed by atoms with Crippen molar-refractivity contribution < 1.29 is 41.4 Å². The zero-order valence-electron chi connectivity index (χ0n) is 15.0. The lowest BCUT2D eigenvalue weighted by atomic mass is 10.1. The van der Waals surface area contributed by atoms with E-state index in [9.17, 15) is 27.5 Å². The molecule has 11 heteroatoms. The van der Waals surface area contributed by atoms with Gasteiger partial charge in [-0.1, -0.05) is 12.1 Å². The summed E-state index contributed by atoms with van der Waals surface area (Å²) in [5.74, 6) is -0.744. The molecular weight excluding hydrogens is 400 g/mol.